The molecule has 0 unspecified atom stereocenters. The van der Waals surface area contributed by atoms with Crippen molar-refractivity contribution in [2.45, 2.75) is 50.0 Å². The van der Waals surface area contributed by atoms with Crippen LogP contribution < -0.4 is 15.4 Å². The maximum atomic E-state index is 14.0. The molecule has 1 saturated heterocycles. The lowest BCUT2D eigenvalue weighted by atomic mass is 10.0. The van der Waals surface area contributed by atoms with Crippen molar-refractivity contribution in [2.75, 3.05) is 25.0 Å². The normalized spacial score (nSPS) is 16.4. The predicted molar refractivity (Wildman–Crippen MR) is 151 cm³/mol. The molecule has 0 radical (unpaired) electrons. The number of amides is 3. The van der Waals surface area contributed by atoms with Crippen molar-refractivity contribution in [3.05, 3.63) is 70.0 Å². The molecular weight excluding hydrogens is 633 g/mol. The average molecular weight is 662 g/mol. The summed E-state index contributed by atoms with van der Waals surface area (Å²) in [5.74, 6) is -4.15. The first-order chi connectivity index (χ1) is 20.6. The summed E-state index contributed by atoms with van der Waals surface area (Å²) >= 11 is 1.30. The van der Waals surface area contributed by atoms with Gasteiger partial charge in [0, 0.05) is 43.5 Å². The Hall–Kier alpha value is -3.83. The maximum absolute atomic E-state index is 14.0. The third kappa shape index (κ3) is 8.00. The second-order valence-electron chi connectivity index (χ2n) is 9.75. The summed E-state index contributed by atoms with van der Waals surface area (Å²) in [6, 6.07) is 6.75. The highest BCUT2D eigenvalue weighted by atomic mass is 32.2. The van der Waals surface area contributed by atoms with Gasteiger partial charge in [-0.1, -0.05) is 31.2 Å². The molecule has 4 rings (SSSR count). The van der Waals surface area contributed by atoms with Gasteiger partial charge in [0.15, 0.2) is 0 Å². The third-order valence-electron chi connectivity index (χ3n) is 6.73. The Morgan fingerprint density at radius 1 is 1.05 bits per heavy atom. The first-order valence-electron chi connectivity index (χ1n) is 13.2. The monoisotopic (exact) mass is 661 g/mol. The zero-order valence-corrected chi connectivity index (χ0v) is 25.0. The summed E-state index contributed by atoms with van der Waals surface area (Å²) in [7, 11) is -4.45. The number of carbonyl (C=O) groups excluding carboxylic acids is 2. The Kier molecular flexibility index (Phi) is 9.80. The fourth-order valence-corrected chi connectivity index (χ4v) is 6.50. The molecule has 238 valence electrons. The molecule has 1 aromatic heterocycles. The fraction of sp³-hybridized carbons (Fsp3) is 0.370. The summed E-state index contributed by atoms with van der Waals surface area (Å²) in [5.41, 5.74) is 0.274. The van der Waals surface area contributed by atoms with Crippen molar-refractivity contribution < 1.29 is 44.7 Å². The largest absolute Gasteiger partial charge is 0.573 e. The minimum Gasteiger partial charge on any atom is -0.406 e. The van der Waals surface area contributed by atoms with Gasteiger partial charge in [-0.25, -0.2) is 27.0 Å². The number of alkyl halides is 5. The molecule has 0 spiro atoms. The molecule has 3 aromatic rings. The lowest BCUT2D eigenvalue weighted by Gasteiger charge is -2.39. The van der Waals surface area contributed by atoms with E-state index in [2.05, 4.69) is 20.4 Å². The summed E-state index contributed by atoms with van der Waals surface area (Å²) in [5, 5.41) is 7.51. The number of anilines is 1. The number of sulfonamides is 1. The molecule has 3 amide bonds. The molecule has 1 fully saturated rings. The molecule has 0 saturated carbocycles. The average Bonchev–Trinajstić information content (AvgIpc) is 3.39. The molecule has 17 heteroatoms. The Labute approximate surface area is 253 Å². The highest BCUT2D eigenvalue weighted by molar-refractivity contribution is 7.89. The van der Waals surface area contributed by atoms with E-state index in [-0.39, 0.29) is 44.0 Å². The minimum atomic E-state index is -4.98. The van der Waals surface area contributed by atoms with E-state index in [9.17, 15) is 40.0 Å². The van der Waals surface area contributed by atoms with E-state index < -0.39 is 50.9 Å². The van der Waals surface area contributed by atoms with Crippen molar-refractivity contribution in [1.82, 2.24) is 19.5 Å². The first-order valence-corrected chi connectivity index (χ1v) is 15.5. The number of hydrogen-bond donors (Lipinski definition) is 2. The van der Waals surface area contributed by atoms with Crippen molar-refractivity contribution in [3.8, 4) is 5.75 Å². The summed E-state index contributed by atoms with van der Waals surface area (Å²) in [6.45, 7) is 2.18. The van der Waals surface area contributed by atoms with Gasteiger partial charge in [0.05, 0.1) is 9.90 Å². The zero-order valence-electron chi connectivity index (χ0n) is 23.4. The molecule has 0 aliphatic carbocycles. The Bertz CT molecular complexity index is 1580. The van der Waals surface area contributed by atoms with Crippen molar-refractivity contribution >= 4 is 39.1 Å². The highest BCUT2D eigenvalue weighted by Crippen LogP contribution is 2.31. The lowest BCUT2D eigenvalue weighted by molar-refractivity contribution is -0.274. The van der Waals surface area contributed by atoms with Crippen molar-refractivity contribution in [3.63, 3.8) is 0 Å². The highest BCUT2D eigenvalue weighted by Gasteiger charge is 2.41. The molecule has 0 bridgehead atoms. The van der Waals surface area contributed by atoms with E-state index in [1.165, 1.54) is 47.4 Å². The quantitative estimate of drug-likeness (QED) is 0.309. The Morgan fingerprint density at radius 3 is 2.27 bits per heavy atom. The van der Waals surface area contributed by atoms with Crippen LogP contribution in [0, 0.1) is 6.92 Å². The lowest BCUT2D eigenvalue weighted by Crippen LogP contribution is -2.61. The number of rotatable bonds is 9. The van der Waals surface area contributed by atoms with Gasteiger partial charge in [0.1, 0.15) is 17.6 Å². The van der Waals surface area contributed by atoms with E-state index in [1.54, 1.807) is 12.3 Å². The van der Waals surface area contributed by atoms with Crippen LogP contribution in [-0.2, 0) is 27.3 Å². The van der Waals surface area contributed by atoms with Gasteiger partial charge >= 0.3 is 12.4 Å². The predicted octanol–water partition coefficient (Wildman–Crippen LogP) is 5.08. The van der Waals surface area contributed by atoms with Gasteiger partial charge in [-0.3, -0.25) is 10.1 Å². The summed E-state index contributed by atoms with van der Waals surface area (Å²) < 4.78 is 97.5. The van der Waals surface area contributed by atoms with Crippen LogP contribution in [0.5, 0.6) is 5.75 Å². The van der Waals surface area contributed by atoms with E-state index in [0.717, 1.165) is 28.6 Å². The van der Waals surface area contributed by atoms with Gasteiger partial charge in [-0.2, -0.15) is 4.31 Å². The molecule has 1 aliphatic rings. The fourth-order valence-electron chi connectivity index (χ4n) is 4.39. The Morgan fingerprint density at radius 2 is 1.70 bits per heavy atom. The minimum absolute atomic E-state index is 0.111. The second kappa shape index (κ2) is 13.0. The standard InChI is InChI=1S/C27H28F5N5O5S2/c1-3-26(28,29)19-6-4-18(5-7-19)14-33-24(38)22-15-36(25(39)35-23-16-43-17(2)34-23)12-13-37(22)44(40,41)21-10-8-20(9-11-21)42-27(30,31)32/h4-11,16,22H,3,12-15H2,1-2H3,(H,33,38)(H,35,39)/t22-/m1/s1. The molecule has 1 atom stereocenters. The summed E-state index contributed by atoms with van der Waals surface area (Å²) in [4.78, 5) is 31.4. The molecule has 2 N–H and O–H groups in total. The molecule has 2 aromatic carbocycles. The number of halogens is 5. The number of benzene rings is 2. The molecule has 2 heterocycles. The van der Waals surface area contributed by atoms with Crippen molar-refractivity contribution in [1.29, 1.82) is 0 Å². The topological polar surface area (TPSA) is 121 Å². The smallest absolute Gasteiger partial charge is 0.406 e. The third-order valence-corrected chi connectivity index (χ3v) is 9.42. The zero-order chi connectivity index (χ0) is 32.3. The number of nitrogens with one attached hydrogen (secondary N) is 2. The van der Waals surface area contributed by atoms with Gasteiger partial charge in [-0.15, -0.1) is 24.5 Å². The number of thiazole rings is 1. The number of hydrogen-bond acceptors (Lipinski definition) is 7. The van der Waals surface area contributed by atoms with Crippen LogP contribution in [0.1, 0.15) is 29.5 Å². The van der Waals surface area contributed by atoms with Crippen LogP contribution >= 0.6 is 11.3 Å². The van der Waals surface area contributed by atoms with Gasteiger partial charge in [-0.05, 0) is 36.8 Å². The van der Waals surface area contributed by atoms with Crippen molar-refractivity contribution in [2.24, 2.45) is 0 Å². The van der Waals surface area contributed by atoms with E-state index in [0.29, 0.717) is 10.6 Å². The molecular formula is C27H28F5N5O5S2. The molecule has 44 heavy (non-hydrogen) atoms. The number of piperazine rings is 1. The first kappa shape index (κ1) is 33.1. The van der Waals surface area contributed by atoms with Crippen LogP contribution in [0.3, 0.4) is 0 Å². The number of ether oxygens (including phenoxy) is 1. The number of carbonyl (C=O) groups is 2. The SMILES string of the molecule is CCC(F)(F)c1ccc(CNC(=O)[C@H]2CN(C(=O)Nc3csc(C)n3)CCN2S(=O)(=O)c2ccc(OC(F)(F)F)cc2)cc1. The van der Waals surface area contributed by atoms with Gasteiger partial charge < -0.3 is 15.0 Å². The van der Waals surface area contributed by atoms with Crippen LogP contribution in [0.2, 0.25) is 0 Å². The molecule has 10 nitrogen and oxygen atoms in total. The Balaban J connectivity index is 1.54. The number of aromatic nitrogens is 1. The number of urea groups is 1. The van der Waals surface area contributed by atoms with E-state index >= 15 is 0 Å². The molecule has 1 aliphatic heterocycles. The van der Waals surface area contributed by atoms with E-state index in [1.807, 2.05) is 0 Å². The summed E-state index contributed by atoms with van der Waals surface area (Å²) in [6.07, 6.45) is -5.37. The number of aryl methyl sites for hydroxylation is 1. The maximum Gasteiger partial charge on any atom is 0.573 e. The van der Waals surface area contributed by atoms with Crippen LogP contribution in [0.4, 0.5) is 32.6 Å². The van der Waals surface area contributed by atoms with Gasteiger partial charge in [0.2, 0.25) is 15.9 Å². The second-order valence-corrected chi connectivity index (χ2v) is 12.7. The van der Waals surface area contributed by atoms with Gasteiger partial charge in [0.25, 0.3) is 5.92 Å². The number of nitrogens with zero attached hydrogens (tertiary/aromatic N) is 3. The van der Waals surface area contributed by atoms with E-state index in [4.69, 9.17) is 0 Å². The van der Waals surface area contributed by atoms with Crippen LogP contribution in [0.25, 0.3) is 0 Å². The van der Waals surface area contributed by atoms with Crippen LogP contribution in [-0.4, -0.2) is 66.6 Å². The van der Waals surface area contributed by atoms with Crippen LogP contribution in [0.15, 0.2) is 58.8 Å².